The molecule has 1 aromatic rings. The summed E-state index contributed by atoms with van der Waals surface area (Å²) in [7, 11) is 0. The molecule has 1 aliphatic rings. The van der Waals surface area contributed by atoms with Gasteiger partial charge in [0.2, 0.25) is 5.91 Å². The predicted molar refractivity (Wildman–Crippen MR) is 94.2 cm³/mol. The molecule has 1 fully saturated rings. The molecule has 3 nitrogen and oxygen atoms in total. The van der Waals surface area contributed by atoms with Crippen LogP contribution in [0.4, 0.5) is 0 Å². The number of carbonyl (C=O) groups is 1. The Balaban J connectivity index is 0.00000242. The van der Waals surface area contributed by atoms with Gasteiger partial charge in [0.15, 0.2) is 0 Å². The zero-order valence-corrected chi connectivity index (χ0v) is 14.7. The molecule has 1 aliphatic carbocycles. The minimum atomic E-state index is -0.655. The summed E-state index contributed by atoms with van der Waals surface area (Å²) in [6.07, 6.45) is 4.67. The number of amides is 1. The van der Waals surface area contributed by atoms with Crippen LogP contribution in [0.2, 0.25) is 0 Å². The van der Waals surface area contributed by atoms with Crippen LogP contribution in [0, 0.1) is 12.8 Å². The van der Waals surface area contributed by atoms with Gasteiger partial charge in [-0.15, -0.1) is 12.4 Å². The SMILES string of the molecule is Cc1ccccc1C(CC(C)C)NC(=O)C1(N)CCCC1.Cl. The highest BCUT2D eigenvalue weighted by atomic mass is 35.5. The Hall–Kier alpha value is -1.06. The van der Waals surface area contributed by atoms with Crippen LogP contribution in [0.15, 0.2) is 24.3 Å². The second-order valence-corrected chi connectivity index (χ2v) is 6.88. The van der Waals surface area contributed by atoms with Gasteiger partial charge < -0.3 is 11.1 Å². The summed E-state index contributed by atoms with van der Waals surface area (Å²) >= 11 is 0. The van der Waals surface area contributed by atoms with Crippen molar-refractivity contribution in [1.29, 1.82) is 0 Å². The summed E-state index contributed by atoms with van der Waals surface area (Å²) in [5.41, 5.74) is 8.06. The normalized spacial score (nSPS) is 17.9. The first-order chi connectivity index (χ1) is 9.92. The summed E-state index contributed by atoms with van der Waals surface area (Å²) < 4.78 is 0. The number of hydrogen-bond donors (Lipinski definition) is 2. The van der Waals surface area contributed by atoms with Crippen LogP contribution >= 0.6 is 12.4 Å². The molecule has 1 unspecified atom stereocenters. The van der Waals surface area contributed by atoms with Gasteiger partial charge in [-0.05, 0) is 43.2 Å². The molecule has 124 valence electrons. The Labute approximate surface area is 140 Å². The van der Waals surface area contributed by atoms with Crippen LogP contribution in [-0.4, -0.2) is 11.4 Å². The van der Waals surface area contributed by atoms with Crippen LogP contribution in [-0.2, 0) is 4.79 Å². The molecule has 0 radical (unpaired) electrons. The third-order valence-corrected chi connectivity index (χ3v) is 4.52. The largest absolute Gasteiger partial charge is 0.348 e. The molecule has 0 aliphatic heterocycles. The molecular formula is C18H29ClN2O. The number of rotatable bonds is 5. The van der Waals surface area contributed by atoms with E-state index in [0.717, 1.165) is 32.1 Å². The fraction of sp³-hybridized carbons (Fsp3) is 0.611. The molecule has 3 N–H and O–H groups in total. The van der Waals surface area contributed by atoms with E-state index in [1.165, 1.54) is 11.1 Å². The number of nitrogens with two attached hydrogens (primary N) is 1. The fourth-order valence-corrected chi connectivity index (χ4v) is 3.25. The van der Waals surface area contributed by atoms with Crippen molar-refractivity contribution in [3.8, 4) is 0 Å². The average molecular weight is 325 g/mol. The quantitative estimate of drug-likeness (QED) is 0.863. The van der Waals surface area contributed by atoms with Gasteiger partial charge >= 0.3 is 0 Å². The Kier molecular flexibility index (Phi) is 6.89. The van der Waals surface area contributed by atoms with E-state index in [-0.39, 0.29) is 24.4 Å². The molecule has 0 spiro atoms. The fourth-order valence-electron chi connectivity index (χ4n) is 3.25. The third-order valence-electron chi connectivity index (χ3n) is 4.52. The molecular weight excluding hydrogens is 296 g/mol. The van der Waals surface area contributed by atoms with Gasteiger partial charge in [-0.3, -0.25) is 4.79 Å². The first-order valence-electron chi connectivity index (χ1n) is 8.08. The number of halogens is 1. The number of benzene rings is 1. The first-order valence-corrected chi connectivity index (χ1v) is 8.08. The highest BCUT2D eigenvalue weighted by Gasteiger charge is 2.38. The third kappa shape index (κ3) is 4.47. The van der Waals surface area contributed by atoms with E-state index in [1.54, 1.807) is 0 Å². The summed E-state index contributed by atoms with van der Waals surface area (Å²) in [5.74, 6) is 0.543. The molecule has 4 heteroatoms. The van der Waals surface area contributed by atoms with E-state index in [4.69, 9.17) is 5.73 Å². The topological polar surface area (TPSA) is 55.1 Å². The van der Waals surface area contributed by atoms with Crippen molar-refractivity contribution in [1.82, 2.24) is 5.32 Å². The Morgan fingerprint density at radius 3 is 2.41 bits per heavy atom. The van der Waals surface area contributed by atoms with Crippen molar-refractivity contribution in [3.63, 3.8) is 0 Å². The van der Waals surface area contributed by atoms with Crippen LogP contribution < -0.4 is 11.1 Å². The van der Waals surface area contributed by atoms with Crippen molar-refractivity contribution in [3.05, 3.63) is 35.4 Å². The van der Waals surface area contributed by atoms with Gasteiger partial charge in [0.25, 0.3) is 0 Å². The summed E-state index contributed by atoms with van der Waals surface area (Å²) in [6, 6.07) is 8.34. The monoisotopic (exact) mass is 324 g/mol. The minimum absolute atomic E-state index is 0. The van der Waals surface area contributed by atoms with E-state index in [9.17, 15) is 4.79 Å². The van der Waals surface area contributed by atoms with Gasteiger partial charge in [-0.25, -0.2) is 0 Å². The van der Waals surface area contributed by atoms with E-state index in [1.807, 2.05) is 12.1 Å². The number of nitrogens with one attached hydrogen (secondary N) is 1. The van der Waals surface area contributed by atoms with Crippen molar-refractivity contribution < 1.29 is 4.79 Å². The van der Waals surface area contributed by atoms with Crippen molar-refractivity contribution in [2.75, 3.05) is 0 Å². The summed E-state index contributed by atoms with van der Waals surface area (Å²) in [5, 5.41) is 3.22. The Bertz CT molecular complexity index is 496. The molecule has 0 saturated heterocycles. The van der Waals surface area contributed by atoms with Crippen LogP contribution in [0.5, 0.6) is 0 Å². The lowest BCUT2D eigenvalue weighted by molar-refractivity contribution is -0.127. The number of carbonyl (C=O) groups excluding carboxylic acids is 1. The first kappa shape index (κ1) is 19.0. The molecule has 2 rings (SSSR count). The second-order valence-electron chi connectivity index (χ2n) is 6.88. The van der Waals surface area contributed by atoms with Gasteiger partial charge in [0.1, 0.15) is 0 Å². The van der Waals surface area contributed by atoms with Crippen LogP contribution in [0.25, 0.3) is 0 Å². The molecule has 1 amide bonds. The van der Waals surface area contributed by atoms with Gasteiger partial charge in [-0.2, -0.15) is 0 Å². The van der Waals surface area contributed by atoms with E-state index >= 15 is 0 Å². The molecule has 0 bridgehead atoms. The Morgan fingerprint density at radius 2 is 1.86 bits per heavy atom. The van der Waals surface area contributed by atoms with Gasteiger partial charge in [0, 0.05) is 0 Å². The van der Waals surface area contributed by atoms with Gasteiger partial charge in [-0.1, -0.05) is 51.0 Å². The van der Waals surface area contributed by atoms with Gasteiger partial charge in [0.05, 0.1) is 11.6 Å². The highest BCUT2D eigenvalue weighted by Crippen LogP contribution is 2.30. The molecule has 0 aromatic heterocycles. The lowest BCUT2D eigenvalue weighted by Gasteiger charge is -2.28. The smallest absolute Gasteiger partial charge is 0.240 e. The standard InChI is InChI=1S/C18H28N2O.ClH/c1-13(2)12-16(15-9-5-4-8-14(15)3)20-17(21)18(19)10-6-7-11-18;/h4-5,8-9,13,16H,6-7,10-12,19H2,1-3H3,(H,20,21);1H. The lowest BCUT2D eigenvalue weighted by Crippen LogP contribution is -2.52. The molecule has 1 atom stereocenters. The van der Waals surface area contributed by atoms with Crippen molar-refractivity contribution in [2.24, 2.45) is 11.7 Å². The van der Waals surface area contributed by atoms with Crippen molar-refractivity contribution in [2.45, 2.75) is 64.5 Å². The average Bonchev–Trinajstić information content (AvgIpc) is 2.86. The maximum atomic E-state index is 12.6. The minimum Gasteiger partial charge on any atom is -0.348 e. The maximum absolute atomic E-state index is 12.6. The van der Waals surface area contributed by atoms with E-state index in [2.05, 4.69) is 38.2 Å². The zero-order valence-electron chi connectivity index (χ0n) is 13.9. The summed E-state index contributed by atoms with van der Waals surface area (Å²) in [6.45, 7) is 6.47. The zero-order chi connectivity index (χ0) is 15.5. The van der Waals surface area contributed by atoms with E-state index < -0.39 is 5.54 Å². The Morgan fingerprint density at radius 1 is 1.27 bits per heavy atom. The highest BCUT2D eigenvalue weighted by molar-refractivity contribution is 5.86. The second kappa shape index (κ2) is 7.98. The number of aryl methyl sites for hydroxylation is 1. The molecule has 1 saturated carbocycles. The summed E-state index contributed by atoms with van der Waals surface area (Å²) in [4.78, 5) is 12.6. The van der Waals surface area contributed by atoms with E-state index in [0.29, 0.717) is 5.92 Å². The van der Waals surface area contributed by atoms with Crippen LogP contribution in [0.1, 0.15) is 63.1 Å². The lowest BCUT2D eigenvalue weighted by atomic mass is 9.91. The molecule has 22 heavy (non-hydrogen) atoms. The van der Waals surface area contributed by atoms with Crippen molar-refractivity contribution >= 4 is 18.3 Å². The van der Waals surface area contributed by atoms with Crippen LogP contribution in [0.3, 0.4) is 0 Å². The number of hydrogen-bond acceptors (Lipinski definition) is 2. The molecule has 1 aromatic carbocycles. The molecule has 0 heterocycles. The maximum Gasteiger partial charge on any atom is 0.240 e. The predicted octanol–water partition coefficient (Wildman–Crippen LogP) is 3.89.